The van der Waals surface area contributed by atoms with Crippen LogP contribution in [0.5, 0.6) is 0 Å². The average Bonchev–Trinajstić information content (AvgIpc) is 2.21. The molecule has 2 atom stereocenters. The van der Waals surface area contributed by atoms with Gasteiger partial charge in [-0.25, -0.2) is 0 Å². The van der Waals surface area contributed by atoms with Crippen LogP contribution in [-0.2, 0) is 20.6 Å². The van der Waals surface area contributed by atoms with Crippen LogP contribution in [0.4, 0.5) is 0 Å². The third-order valence-electron chi connectivity index (χ3n) is 3.08. The fraction of sp³-hybridized carbons (Fsp3) is 1.00. The molecule has 2 saturated heterocycles. The van der Waals surface area contributed by atoms with Crippen molar-refractivity contribution < 1.29 is 20.6 Å². The number of rotatable bonds is 0. The highest BCUT2D eigenvalue weighted by molar-refractivity contribution is 7.47. The standard InChI is InChI=1S/C7H24O5Si6/c1-13-8-16(3,4)11-18(7)10-15(13)14(2)9-17(5,6)12-18/h13-15H,1-7H3. The van der Waals surface area contributed by atoms with E-state index in [9.17, 15) is 0 Å². The lowest BCUT2D eigenvalue weighted by molar-refractivity contribution is 0.240. The molecule has 2 fully saturated rings. The van der Waals surface area contributed by atoms with E-state index >= 15 is 0 Å². The van der Waals surface area contributed by atoms with Gasteiger partial charge in [-0.2, -0.15) is 0 Å². The van der Waals surface area contributed by atoms with Crippen LogP contribution in [0.1, 0.15) is 0 Å². The average molecular weight is 357 g/mol. The minimum absolute atomic E-state index is 1.29. The van der Waals surface area contributed by atoms with Gasteiger partial charge in [-0.05, 0) is 26.2 Å². The molecular formula is C7H24O5Si6. The van der Waals surface area contributed by atoms with Crippen molar-refractivity contribution in [3.63, 3.8) is 0 Å². The Labute approximate surface area is 117 Å². The second-order valence-electron chi connectivity index (χ2n) is 6.09. The van der Waals surface area contributed by atoms with Crippen LogP contribution >= 0.6 is 0 Å². The van der Waals surface area contributed by atoms with Gasteiger partial charge in [-0.1, -0.05) is 13.1 Å². The van der Waals surface area contributed by atoms with Gasteiger partial charge in [0.2, 0.25) is 0 Å². The van der Waals surface area contributed by atoms with E-state index in [4.69, 9.17) is 20.6 Å². The highest BCUT2D eigenvalue weighted by Crippen LogP contribution is 2.31. The predicted molar refractivity (Wildman–Crippen MR) is 85.2 cm³/mol. The lowest BCUT2D eigenvalue weighted by atomic mass is 11.9. The van der Waals surface area contributed by atoms with E-state index in [-0.39, 0.29) is 0 Å². The summed E-state index contributed by atoms with van der Waals surface area (Å²) < 4.78 is 31.5. The van der Waals surface area contributed by atoms with Gasteiger partial charge < -0.3 is 20.6 Å². The second kappa shape index (κ2) is 4.83. The van der Waals surface area contributed by atoms with E-state index < -0.39 is 51.1 Å². The lowest BCUT2D eigenvalue weighted by Gasteiger charge is -2.35. The van der Waals surface area contributed by atoms with Crippen LogP contribution in [-0.4, -0.2) is 51.1 Å². The zero-order valence-corrected chi connectivity index (χ0v) is 18.7. The molecule has 2 heterocycles. The first-order valence-corrected chi connectivity index (χ1v) is 23.4. The maximum Gasteiger partial charge on any atom is 0.468 e. The van der Waals surface area contributed by atoms with E-state index in [1.165, 1.54) is 0 Å². The Bertz CT molecular complexity index is 312. The van der Waals surface area contributed by atoms with Crippen LogP contribution in [0.2, 0.25) is 45.8 Å². The maximum atomic E-state index is 6.43. The van der Waals surface area contributed by atoms with Gasteiger partial charge in [0, 0.05) is 6.55 Å². The van der Waals surface area contributed by atoms with E-state index in [0.717, 1.165) is 0 Å². The number of fused-ring (bicyclic) bond motifs is 2. The first kappa shape index (κ1) is 15.5. The van der Waals surface area contributed by atoms with Gasteiger partial charge in [-0.3, -0.25) is 0 Å². The smallest absolute Gasteiger partial charge is 0.439 e. The predicted octanol–water partition coefficient (Wildman–Crippen LogP) is 0.657. The Morgan fingerprint density at radius 2 is 1.06 bits per heavy atom. The molecule has 5 nitrogen and oxygen atoms in total. The molecule has 2 aliphatic heterocycles. The van der Waals surface area contributed by atoms with Crippen molar-refractivity contribution in [1.82, 2.24) is 0 Å². The molecule has 2 unspecified atom stereocenters. The normalized spacial score (nSPS) is 47.2. The maximum absolute atomic E-state index is 6.43. The Kier molecular flexibility index (Phi) is 4.16. The Balaban J connectivity index is 2.37. The second-order valence-corrected chi connectivity index (χ2v) is 33.5. The molecule has 0 spiro atoms. The molecule has 0 aromatic carbocycles. The molecule has 11 heteroatoms. The van der Waals surface area contributed by atoms with Crippen molar-refractivity contribution in [2.75, 3.05) is 0 Å². The zero-order valence-electron chi connectivity index (χ0n) is 12.3. The summed E-state index contributed by atoms with van der Waals surface area (Å²) in [6, 6.07) is 0. The fourth-order valence-corrected chi connectivity index (χ4v) is 55.2. The van der Waals surface area contributed by atoms with Gasteiger partial charge in [0.25, 0.3) is 0 Å². The third-order valence-corrected chi connectivity index (χ3v) is 42.4. The Hall–Kier alpha value is 1.10. The first-order valence-electron chi connectivity index (χ1n) is 6.46. The van der Waals surface area contributed by atoms with Crippen molar-refractivity contribution in [2.24, 2.45) is 0 Å². The molecule has 2 rings (SSSR count). The summed E-state index contributed by atoms with van der Waals surface area (Å²) in [7, 11) is -10.6. The molecular weight excluding hydrogens is 333 g/mol. The van der Waals surface area contributed by atoms with Gasteiger partial charge in [0.1, 0.15) is 0 Å². The lowest BCUT2D eigenvalue weighted by Crippen LogP contribution is -2.56. The molecule has 0 N–H and O–H groups in total. The molecule has 18 heavy (non-hydrogen) atoms. The van der Waals surface area contributed by atoms with Crippen molar-refractivity contribution in [3.8, 4) is 0 Å². The molecule has 0 aliphatic carbocycles. The van der Waals surface area contributed by atoms with Crippen LogP contribution in [0.25, 0.3) is 0 Å². The topological polar surface area (TPSA) is 46.2 Å². The summed E-state index contributed by atoms with van der Waals surface area (Å²) in [5.41, 5.74) is 0. The van der Waals surface area contributed by atoms with Crippen LogP contribution < -0.4 is 0 Å². The quantitative estimate of drug-likeness (QED) is 0.597. The van der Waals surface area contributed by atoms with E-state index in [1.807, 2.05) is 6.55 Å². The van der Waals surface area contributed by atoms with E-state index in [0.29, 0.717) is 0 Å². The van der Waals surface area contributed by atoms with Crippen molar-refractivity contribution >= 4 is 51.1 Å². The highest BCUT2D eigenvalue weighted by Gasteiger charge is 2.57. The summed E-state index contributed by atoms with van der Waals surface area (Å²) in [5, 5.41) is 0. The van der Waals surface area contributed by atoms with Gasteiger partial charge in [0.05, 0.1) is 0 Å². The largest absolute Gasteiger partial charge is 0.468 e. The number of hydrogen-bond acceptors (Lipinski definition) is 5. The zero-order chi connectivity index (χ0) is 13.8. The molecule has 106 valence electrons. The van der Waals surface area contributed by atoms with Crippen LogP contribution in [0, 0.1) is 0 Å². The van der Waals surface area contributed by atoms with Gasteiger partial charge in [-0.15, -0.1) is 0 Å². The summed E-state index contributed by atoms with van der Waals surface area (Å²) in [6.07, 6.45) is 0. The monoisotopic (exact) mass is 356 g/mol. The summed E-state index contributed by atoms with van der Waals surface area (Å²) in [6.45, 7) is 15.1. The van der Waals surface area contributed by atoms with Crippen molar-refractivity contribution in [2.45, 2.75) is 45.8 Å². The SMILES string of the molecule is C[SiH]1O[Si](C)(C)O[Si]2(C)O[SiH]1[SiH](C)O[Si](C)(C)O2. The molecule has 2 aliphatic rings. The first-order chi connectivity index (χ1) is 8.02. The van der Waals surface area contributed by atoms with Gasteiger partial charge in [0.15, 0.2) is 25.2 Å². The summed E-state index contributed by atoms with van der Waals surface area (Å²) >= 11 is 0. The van der Waals surface area contributed by atoms with Crippen molar-refractivity contribution in [3.05, 3.63) is 0 Å². The molecule has 0 aromatic rings. The molecule has 0 amide bonds. The Morgan fingerprint density at radius 1 is 0.667 bits per heavy atom. The summed E-state index contributed by atoms with van der Waals surface area (Å²) in [5.74, 6) is 0. The molecule has 0 saturated carbocycles. The summed E-state index contributed by atoms with van der Waals surface area (Å²) in [4.78, 5) is 0. The van der Waals surface area contributed by atoms with E-state index in [1.54, 1.807) is 0 Å². The third kappa shape index (κ3) is 3.40. The fourth-order valence-electron chi connectivity index (χ4n) is 2.86. The van der Waals surface area contributed by atoms with Gasteiger partial charge >= 0.3 is 25.9 Å². The Morgan fingerprint density at radius 3 is 1.44 bits per heavy atom. The molecule has 2 bridgehead atoms. The highest BCUT2D eigenvalue weighted by atomic mass is 29.6. The minimum atomic E-state index is -2.54. The van der Waals surface area contributed by atoms with Crippen molar-refractivity contribution in [1.29, 1.82) is 0 Å². The molecule has 0 aromatic heterocycles. The number of hydrogen-bond donors (Lipinski definition) is 0. The molecule has 0 radical (unpaired) electrons. The van der Waals surface area contributed by atoms with Crippen LogP contribution in [0.15, 0.2) is 0 Å². The van der Waals surface area contributed by atoms with Crippen LogP contribution in [0.3, 0.4) is 0 Å². The minimum Gasteiger partial charge on any atom is -0.439 e. The van der Waals surface area contributed by atoms with E-state index in [2.05, 4.69) is 39.3 Å².